The molecule has 1 heterocycles. The zero-order valence-corrected chi connectivity index (χ0v) is 19.6. The van der Waals surface area contributed by atoms with Gasteiger partial charge >= 0.3 is 5.97 Å². The number of halogens is 1. The normalized spacial score (nSPS) is 18.1. The van der Waals surface area contributed by atoms with Crippen LogP contribution in [0.3, 0.4) is 0 Å². The van der Waals surface area contributed by atoms with E-state index < -0.39 is 11.4 Å². The first kappa shape index (κ1) is 22.1. The van der Waals surface area contributed by atoms with Crippen molar-refractivity contribution in [3.63, 3.8) is 0 Å². The Hall–Kier alpha value is -3.11. The van der Waals surface area contributed by atoms with Crippen LogP contribution in [0.2, 0.25) is 5.02 Å². The number of hydrogen-bond donors (Lipinski definition) is 1. The van der Waals surface area contributed by atoms with E-state index in [9.17, 15) is 14.7 Å². The maximum absolute atomic E-state index is 14.0. The molecule has 0 bridgehead atoms. The molecule has 1 aliphatic rings. The lowest BCUT2D eigenvalue weighted by atomic mass is 9.76. The minimum Gasteiger partial charge on any atom is -0.478 e. The Morgan fingerprint density at radius 1 is 1.00 bits per heavy atom. The molecule has 164 valence electrons. The highest BCUT2D eigenvalue weighted by Gasteiger charge is 2.49. The molecular weight excluding hydrogens is 422 g/mol. The number of carboxylic acid groups (broad SMARTS) is 1. The van der Waals surface area contributed by atoms with Gasteiger partial charge in [-0.1, -0.05) is 62.7 Å². The third-order valence-corrected chi connectivity index (χ3v) is 6.64. The molecular formula is C27H26ClNO3. The zero-order chi connectivity index (χ0) is 23.4. The highest BCUT2D eigenvalue weighted by molar-refractivity contribution is 6.31. The highest BCUT2D eigenvalue weighted by atomic mass is 35.5. The van der Waals surface area contributed by atoms with Gasteiger partial charge < -0.3 is 5.11 Å². The standard InChI is InChI=1S/C27H26ClNO3/c1-16-6-12-20(15-21(16)24(30)31)29-23-13-11-19(28)14-22(23)27(5,25(29)32)18-9-7-17(8-10-18)26(2,3)4/h6-15H,1-5H3,(H,30,31)/t27-/m0/s1. The van der Waals surface area contributed by atoms with Crippen LogP contribution in [0.1, 0.15) is 60.3 Å². The van der Waals surface area contributed by atoms with E-state index in [2.05, 4.69) is 32.9 Å². The molecule has 0 saturated heterocycles. The van der Waals surface area contributed by atoms with Gasteiger partial charge in [-0.15, -0.1) is 0 Å². The van der Waals surface area contributed by atoms with Crippen LogP contribution >= 0.6 is 11.6 Å². The Kier molecular flexibility index (Phi) is 5.17. The van der Waals surface area contributed by atoms with Crippen molar-refractivity contribution in [1.29, 1.82) is 0 Å². The lowest BCUT2D eigenvalue weighted by Crippen LogP contribution is -2.37. The van der Waals surface area contributed by atoms with E-state index in [1.165, 1.54) is 5.56 Å². The van der Waals surface area contributed by atoms with Crippen molar-refractivity contribution in [3.8, 4) is 0 Å². The predicted octanol–water partition coefficient (Wildman–Crippen LogP) is 6.63. The Morgan fingerprint density at radius 3 is 2.25 bits per heavy atom. The van der Waals surface area contributed by atoms with Gasteiger partial charge in [0.2, 0.25) is 5.91 Å². The molecule has 0 radical (unpaired) electrons. The van der Waals surface area contributed by atoms with Gasteiger partial charge in [-0.25, -0.2) is 4.79 Å². The first-order valence-corrected chi connectivity index (χ1v) is 10.9. The average Bonchev–Trinajstić information content (AvgIpc) is 2.95. The number of carbonyl (C=O) groups excluding carboxylic acids is 1. The van der Waals surface area contributed by atoms with E-state index in [0.717, 1.165) is 11.1 Å². The Labute approximate surface area is 193 Å². The van der Waals surface area contributed by atoms with Crippen molar-refractivity contribution in [3.05, 3.63) is 93.5 Å². The fourth-order valence-corrected chi connectivity index (χ4v) is 4.54. The summed E-state index contributed by atoms with van der Waals surface area (Å²) in [5, 5.41) is 10.1. The summed E-state index contributed by atoms with van der Waals surface area (Å²) in [6.07, 6.45) is 0. The predicted molar refractivity (Wildman–Crippen MR) is 128 cm³/mol. The van der Waals surface area contributed by atoms with Crippen LogP contribution < -0.4 is 4.90 Å². The Morgan fingerprint density at radius 2 is 1.66 bits per heavy atom. The van der Waals surface area contributed by atoms with Crippen molar-refractivity contribution in [1.82, 2.24) is 0 Å². The lowest BCUT2D eigenvalue weighted by molar-refractivity contribution is -0.120. The minimum absolute atomic E-state index is 0.00149. The number of nitrogens with zero attached hydrogens (tertiary/aromatic N) is 1. The van der Waals surface area contributed by atoms with Crippen LogP contribution in [0.15, 0.2) is 60.7 Å². The molecule has 1 atom stereocenters. The first-order chi connectivity index (χ1) is 14.9. The fourth-order valence-electron chi connectivity index (χ4n) is 4.37. The topological polar surface area (TPSA) is 57.6 Å². The van der Waals surface area contributed by atoms with Crippen LogP contribution in [0.5, 0.6) is 0 Å². The molecule has 0 spiro atoms. The lowest BCUT2D eigenvalue weighted by Gasteiger charge is -2.27. The van der Waals surface area contributed by atoms with Gasteiger partial charge in [0.15, 0.2) is 0 Å². The van der Waals surface area contributed by atoms with Gasteiger partial charge in [0, 0.05) is 10.7 Å². The quantitative estimate of drug-likeness (QED) is 0.490. The number of anilines is 2. The molecule has 0 fully saturated rings. The number of benzene rings is 3. The van der Waals surface area contributed by atoms with Crippen LogP contribution in [0, 0.1) is 6.92 Å². The molecule has 4 nitrogen and oxygen atoms in total. The summed E-state index contributed by atoms with van der Waals surface area (Å²) in [6.45, 7) is 10.1. The molecule has 0 saturated carbocycles. The minimum atomic E-state index is -1.02. The molecule has 3 aromatic rings. The molecule has 0 aromatic heterocycles. The summed E-state index contributed by atoms with van der Waals surface area (Å²) >= 11 is 6.34. The van der Waals surface area contributed by atoms with Gasteiger partial charge in [0.05, 0.1) is 16.7 Å². The Balaban J connectivity index is 1.90. The van der Waals surface area contributed by atoms with Crippen molar-refractivity contribution in [2.45, 2.75) is 45.4 Å². The van der Waals surface area contributed by atoms with Crippen molar-refractivity contribution < 1.29 is 14.7 Å². The van der Waals surface area contributed by atoms with Crippen LogP contribution in [-0.4, -0.2) is 17.0 Å². The summed E-state index contributed by atoms with van der Waals surface area (Å²) in [7, 11) is 0. The number of hydrogen-bond acceptors (Lipinski definition) is 2. The highest BCUT2D eigenvalue weighted by Crippen LogP contribution is 2.50. The Bertz CT molecular complexity index is 1240. The maximum Gasteiger partial charge on any atom is 0.336 e. The average molecular weight is 448 g/mol. The van der Waals surface area contributed by atoms with E-state index in [0.29, 0.717) is 22.0 Å². The molecule has 1 N–H and O–H groups in total. The van der Waals surface area contributed by atoms with Crippen molar-refractivity contribution in [2.75, 3.05) is 4.90 Å². The number of aromatic carboxylic acids is 1. The summed E-state index contributed by atoms with van der Waals surface area (Å²) in [4.78, 5) is 27.3. The van der Waals surface area contributed by atoms with Crippen molar-refractivity contribution in [2.24, 2.45) is 0 Å². The van der Waals surface area contributed by atoms with Gasteiger partial charge in [-0.05, 0) is 71.8 Å². The third-order valence-electron chi connectivity index (χ3n) is 6.41. The summed E-state index contributed by atoms with van der Waals surface area (Å²) in [5.41, 5.74) is 3.95. The van der Waals surface area contributed by atoms with E-state index >= 15 is 0 Å². The number of aryl methyl sites for hydroxylation is 1. The van der Waals surface area contributed by atoms with E-state index in [4.69, 9.17) is 11.6 Å². The molecule has 3 aromatic carbocycles. The second-order valence-corrected chi connectivity index (χ2v) is 10.00. The zero-order valence-electron chi connectivity index (χ0n) is 18.9. The molecule has 1 amide bonds. The number of fused-ring (bicyclic) bond motifs is 1. The number of rotatable bonds is 3. The second kappa shape index (κ2) is 7.49. The molecule has 32 heavy (non-hydrogen) atoms. The number of carbonyl (C=O) groups is 2. The van der Waals surface area contributed by atoms with E-state index in [1.54, 1.807) is 36.1 Å². The molecule has 4 rings (SSSR count). The molecule has 1 aliphatic heterocycles. The number of carboxylic acids is 1. The maximum atomic E-state index is 14.0. The smallest absolute Gasteiger partial charge is 0.336 e. The van der Waals surface area contributed by atoms with Crippen LogP contribution in [0.25, 0.3) is 0 Å². The molecule has 0 aliphatic carbocycles. The van der Waals surface area contributed by atoms with Gasteiger partial charge in [0.25, 0.3) is 0 Å². The molecule has 0 unspecified atom stereocenters. The fraction of sp³-hybridized carbons (Fsp3) is 0.259. The molecule has 5 heteroatoms. The third kappa shape index (κ3) is 3.39. The monoisotopic (exact) mass is 447 g/mol. The van der Waals surface area contributed by atoms with E-state index in [1.807, 2.05) is 31.2 Å². The largest absolute Gasteiger partial charge is 0.478 e. The van der Waals surface area contributed by atoms with Crippen LogP contribution in [0.4, 0.5) is 11.4 Å². The van der Waals surface area contributed by atoms with Gasteiger partial charge in [-0.2, -0.15) is 0 Å². The van der Waals surface area contributed by atoms with Crippen molar-refractivity contribution >= 4 is 34.9 Å². The van der Waals surface area contributed by atoms with Gasteiger partial charge in [-0.3, -0.25) is 9.69 Å². The summed E-state index contributed by atoms with van der Waals surface area (Å²) in [5.74, 6) is -1.16. The SMILES string of the molecule is Cc1ccc(N2C(=O)[C@@](C)(c3ccc(C(C)(C)C)cc3)c3cc(Cl)ccc32)cc1C(=O)O. The van der Waals surface area contributed by atoms with Crippen LogP contribution in [-0.2, 0) is 15.6 Å². The first-order valence-electron chi connectivity index (χ1n) is 10.5. The second-order valence-electron chi connectivity index (χ2n) is 9.56. The summed E-state index contributed by atoms with van der Waals surface area (Å²) < 4.78 is 0. The van der Waals surface area contributed by atoms with E-state index in [-0.39, 0.29) is 16.9 Å². The van der Waals surface area contributed by atoms with Gasteiger partial charge in [0.1, 0.15) is 0 Å². The summed E-state index contributed by atoms with van der Waals surface area (Å²) in [6, 6.07) is 18.6. The number of amides is 1.